The van der Waals surface area contributed by atoms with Crippen molar-refractivity contribution in [2.45, 2.75) is 43.0 Å². The Labute approximate surface area is 209 Å². The summed E-state index contributed by atoms with van der Waals surface area (Å²) in [5, 5.41) is 8.04. The van der Waals surface area contributed by atoms with Gasteiger partial charge in [0.25, 0.3) is 0 Å². The number of hydrogen-bond donors (Lipinski definition) is 3. The third kappa shape index (κ3) is 5.04. The van der Waals surface area contributed by atoms with Crippen LogP contribution in [0.15, 0.2) is 29.3 Å². The lowest BCUT2D eigenvalue weighted by molar-refractivity contribution is 0.0730. The van der Waals surface area contributed by atoms with Gasteiger partial charge in [-0.05, 0) is 25.0 Å². The molecule has 3 N–H and O–H groups in total. The highest BCUT2D eigenvalue weighted by molar-refractivity contribution is 7.89. The van der Waals surface area contributed by atoms with E-state index in [1.54, 1.807) is 18.3 Å². The molecule has 0 spiro atoms. The molecule has 0 radical (unpaired) electrons. The first-order valence-electron chi connectivity index (χ1n) is 11.8. The largest absolute Gasteiger partial charge is 0.495 e. The van der Waals surface area contributed by atoms with Crippen LogP contribution in [0, 0.1) is 0 Å². The van der Waals surface area contributed by atoms with E-state index in [0.717, 1.165) is 18.2 Å². The average molecular weight is 521 g/mol. The summed E-state index contributed by atoms with van der Waals surface area (Å²) in [6, 6.07) is 5.06. The van der Waals surface area contributed by atoms with Crippen LogP contribution in [-0.4, -0.2) is 67.1 Å². The quantitative estimate of drug-likeness (QED) is 0.425. The molecular formula is C23H29ClN6O4S. The van der Waals surface area contributed by atoms with Gasteiger partial charge in [0, 0.05) is 31.4 Å². The number of methoxy groups -OCH3 is 1. The SMILES string of the molecule is COc1cc(S(=O)(=O)N2CCOCC2)ccc1Nc1nc(NC2CCCCC2)c2c(Cl)c[nH]c2n1. The minimum absolute atomic E-state index is 0.161. The van der Waals surface area contributed by atoms with E-state index in [0.29, 0.717) is 66.2 Å². The predicted molar refractivity (Wildman–Crippen MR) is 135 cm³/mol. The number of H-pyrrole nitrogens is 1. The van der Waals surface area contributed by atoms with Crippen LogP contribution >= 0.6 is 11.6 Å². The highest BCUT2D eigenvalue weighted by atomic mass is 35.5. The maximum absolute atomic E-state index is 13.1. The van der Waals surface area contributed by atoms with Gasteiger partial charge in [-0.15, -0.1) is 0 Å². The van der Waals surface area contributed by atoms with Crippen LogP contribution in [0.4, 0.5) is 17.5 Å². The Morgan fingerprint density at radius 1 is 1.17 bits per heavy atom. The molecule has 0 atom stereocenters. The zero-order chi connectivity index (χ0) is 24.4. The molecule has 10 nitrogen and oxygen atoms in total. The zero-order valence-electron chi connectivity index (χ0n) is 19.5. The Balaban J connectivity index is 1.44. The second-order valence-electron chi connectivity index (χ2n) is 8.74. The molecule has 35 heavy (non-hydrogen) atoms. The van der Waals surface area contributed by atoms with E-state index in [4.69, 9.17) is 26.1 Å². The highest BCUT2D eigenvalue weighted by Crippen LogP contribution is 2.34. The minimum atomic E-state index is -3.65. The van der Waals surface area contributed by atoms with Gasteiger partial charge < -0.3 is 25.1 Å². The number of hydrogen-bond acceptors (Lipinski definition) is 8. The van der Waals surface area contributed by atoms with Gasteiger partial charge in [-0.2, -0.15) is 14.3 Å². The van der Waals surface area contributed by atoms with E-state index in [-0.39, 0.29) is 4.90 Å². The van der Waals surface area contributed by atoms with Crippen molar-refractivity contribution in [1.29, 1.82) is 0 Å². The average Bonchev–Trinajstić information content (AvgIpc) is 3.26. The number of sulfonamides is 1. The van der Waals surface area contributed by atoms with Gasteiger partial charge in [0.1, 0.15) is 17.2 Å². The van der Waals surface area contributed by atoms with Gasteiger partial charge in [-0.3, -0.25) is 0 Å². The van der Waals surface area contributed by atoms with Gasteiger partial charge in [0.05, 0.1) is 41.3 Å². The molecule has 5 rings (SSSR count). The number of benzene rings is 1. The number of anilines is 3. The Hall–Kier alpha value is -2.60. The van der Waals surface area contributed by atoms with E-state index in [9.17, 15) is 8.42 Å². The van der Waals surface area contributed by atoms with Crippen molar-refractivity contribution >= 4 is 50.1 Å². The summed E-state index contributed by atoms with van der Waals surface area (Å²) in [5.74, 6) is 1.38. The monoisotopic (exact) mass is 520 g/mol. The third-order valence-corrected chi connectivity index (χ3v) is 8.65. The maximum Gasteiger partial charge on any atom is 0.243 e. The van der Waals surface area contributed by atoms with Crippen molar-refractivity contribution in [3.8, 4) is 5.75 Å². The maximum atomic E-state index is 13.1. The van der Waals surface area contributed by atoms with Crippen molar-refractivity contribution in [3.63, 3.8) is 0 Å². The van der Waals surface area contributed by atoms with Crippen molar-refractivity contribution in [2.24, 2.45) is 0 Å². The van der Waals surface area contributed by atoms with Crippen LogP contribution in [0.25, 0.3) is 11.0 Å². The van der Waals surface area contributed by atoms with E-state index in [2.05, 4.69) is 20.6 Å². The van der Waals surface area contributed by atoms with Crippen LogP contribution in [0.1, 0.15) is 32.1 Å². The summed E-state index contributed by atoms with van der Waals surface area (Å²) in [7, 11) is -2.15. The molecule has 3 aromatic rings. The molecule has 1 aliphatic heterocycles. The second-order valence-corrected chi connectivity index (χ2v) is 11.1. The summed E-state index contributed by atoms with van der Waals surface area (Å²) in [6.07, 6.45) is 7.50. The van der Waals surface area contributed by atoms with Crippen molar-refractivity contribution in [2.75, 3.05) is 44.0 Å². The lowest BCUT2D eigenvalue weighted by Gasteiger charge is -2.26. The van der Waals surface area contributed by atoms with Gasteiger partial charge in [-0.1, -0.05) is 30.9 Å². The first-order chi connectivity index (χ1) is 17.0. The normalized spacial score (nSPS) is 18.0. The molecule has 1 saturated heterocycles. The number of ether oxygens (including phenoxy) is 2. The van der Waals surface area contributed by atoms with Crippen molar-refractivity contribution < 1.29 is 17.9 Å². The molecule has 1 saturated carbocycles. The first-order valence-corrected chi connectivity index (χ1v) is 13.6. The highest BCUT2D eigenvalue weighted by Gasteiger charge is 2.27. The molecule has 2 fully saturated rings. The minimum Gasteiger partial charge on any atom is -0.495 e. The third-order valence-electron chi connectivity index (χ3n) is 6.46. The van der Waals surface area contributed by atoms with Crippen molar-refractivity contribution in [3.05, 3.63) is 29.4 Å². The number of nitrogens with one attached hydrogen (secondary N) is 3. The lowest BCUT2D eigenvalue weighted by Crippen LogP contribution is -2.40. The Morgan fingerprint density at radius 3 is 2.69 bits per heavy atom. The summed E-state index contributed by atoms with van der Waals surface area (Å²) < 4.78 is 38.3. The smallest absolute Gasteiger partial charge is 0.243 e. The topological polar surface area (TPSA) is 121 Å². The number of aromatic amines is 1. The number of fused-ring (bicyclic) bond motifs is 1. The number of aromatic nitrogens is 3. The molecule has 2 aliphatic rings. The van der Waals surface area contributed by atoms with E-state index < -0.39 is 10.0 Å². The standard InChI is InChI=1S/C23H29ClN6O4S/c1-33-19-13-16(35(31,32)30-9-11-34-12-10-30)7-8-18(19)27-23-28-21-20(17(24)14-25-21)22(29-23)26-15-5-3-2-4-6-15/h7-8,13-15H,2-6,9-12H2,1H3,(H3,25,26,27,28,29). The number of halogens is 1. The van der Waals surface area contributed by atoms with Crippen LogP contribution in [0.3, 0.4) is 0 Å². The summed E-state index contributed by atoms with van der Waals surface area (Å²) >= 11 is 6.42. The Kier molecular flexibility index (Phi) is 7.01. The zero-order valence-corrected chi connectivity index (χ0v) is 21.1. The number of rotatable bonds is 7. The van der Waals surface area contributed by atoms with Gasteiger partial charge in [0.15, 0.2) is 0 Å². The predicted octanol–water partition coefficient (Wildman–Crippen LogP) is 4.13. The van der Waals surface area contributed by atoms with Crippen LogP contribution in [0.5, 0.6) is 5.75 Å². The Morgan fingerprint density at radius 2 is 1.94 bits per heavy atom. The van der Waals surface area contributed by atoms with Gasteiger partial charge >= 0.3 is 0 Å². The second kappa shape index (κ2) is 10.2. The van der Waals surface area contributed by atoms with Crippen LogP contribution in [-0.2, 0) is 14.8 Å². The fourth-order valence-corrected chi connectivity index (χ4v) is 6.25. The van der Waals surface area contributed by atoms with Gasteiger partial charge in [0.2, 0.25) is 16.0 Å². The molecule has 1 aromatic carbocycles. The van der Waals surface area contributed by atoms with Crippen molar-refractivity contribution in [1.82, 2.24) is 19.3 Å². The molecule has 1 aliphatic carbocycles. The van der Waals surface area contributed by atoms with E-state index in [1.807, 2.05) is 0 Å². The van der Waals surface area contributed by atoms with Crippen LogP contribution in [0.2, 0.25) is 5.02 Å². The fourth-order valence-electron chi connectivity index (χ4n) is 4.59. The number of morpholine rings is 1. The molecule has 0 amide bonds. The lowest BCUT2D eigenvalue weighted by atomic mass is 9.95. The first kappa shape index (κ1) is 24.1. The van der Waals surface area contributed by atoms with E-state index in [1.165, 1.54) is 36.7 Å². The molecule has 0 bridgehead atoms. The molecule has 3 heterocycles. The molecule has 0 unspecified atom stereocenters. The molecule has 2 aromatic heterocycles. The molecule has 12 heteroatoms. The fraction of sp³-hybridized carbons (Fsp3) is 0.478. The van der Waals surface area contributed by atoms with Crippen LogP contribution < -0.4 is 15.4 Å². The molecule has 188 valence electrons. The summed E-state index contributed by atoms with van der Waals surface area (Å²) in [5.41, 5.74) is 1.16. The number of nitrogens with zero attached hydrogens (tertiary/aromatic N) is 3. The Bertz CT molecular complexity index is 1300. The van der Waals surface area contributed by atoms with E-state index >= 15 is 0 Å². The summed E-state index contributed by atoms with van der Waals surface area (Å²) in [6.45, 7) is 1.42. The molecular weight excluding hydrogens is 492 g/mol. The van der Waals surface area contributed by atoms with Gasteiger partial charge in [-0.25, -0.2) is 8.42 Å². The summed E-state index contributed by atoms with van der Waals surface area (Å²) in [4.78, 5) is 12.5.